The summed E-state index contributed by atoms with van der Waals surface area (Å²) < 4.78 is 11.2. The van der Waals surface area contributed by atoms with Crippen molar-refractivity contribution < 1.29 is 19.1 Å². The Morgan fingerprint density at radius 1 is 1.06 bits per heavy atom. The van der Waals surface area contributed by atoms with Crippen molar-refractivity contribution in [1.29, 1.82) is 0 Å². The van der Waals surface area contributed by atoms with Gasteiger partial charge >= 0.3 is 0 Å². The lowest BCUT2D eigenvalue weighted by atomic mass is 9.97. The Morgan fingerprint density at radius 2 is 1.82 bits per heavy atom. The fourth-order valence-electron chi connectivity index (χ4n) is 4.28. The maximum atomic E-state index is 13.6. The van der Waals surface area contributed by atoms with Gasteiger partial charge in [-0.05, 0) is 60.0 Å². The van der Waals surface area contributed by atoms with Gasteiger partial charge in [0, 0.05) is 10.7 Å². The van der Waals surface area contributed by atoms with Crippen LogP contribution >= 0.6 is 11.6 Å². The summed E-state index contributed by atoms with van der Waals surface area (Å²) in [5.74, 6) is -0.225. The number of aryl methyl sites for hydroxylation is 1. The van der Waals surface area contributed by atoms with Crippen molar-refractivity contribution in [3.63, 3.8) is 0 Å². The van der Waals surface area contributed by atoms with Gasteiger partial charge in [0.25, 0.3) is 5.91 Å². The van der Waals surface area contributed by atoms with Gasteiger partial charge in [-0.2, -0.15) is 0 Å². The van der Waals surface area contributed by atoms with Crippen LogP contribution in [0.2, 0.25) is 5.02 Å². The van der Waals surface area contributed by atoms with E-state index in [9.17, 15) is 14.7 Å². The third-order valence-corrected chi connectivity index (χ3v) is 6.21. The normalized spacial score (nSPS) is 15.2. The number of rotatable bonds is 4. The third kappa shape index (κ3) is 3.34. The average molecular weight is 462 g/mol. The van der Waals surface area contributed by atoms with Crippen molar-refractivity contribution in [2.24, 2.45) is 0 Å². The monoisotopic (exact) mass is 461 g/mol. The Morgan fingerprint density at radius 3 is 2.52 bits per heavy atom. The molecule has 1 amide bonds. The molecule has 2 heterocycles. The van der Waals surface area contributed by atoms with Crippen LogP contribution in [0.3, 0.4) is 0 Å². The first-order chi connectivity index (χ1) is 15.9. The Labute approximate surface area is 194 Å². The van der Waals surface area contributed by atoms with Gasteiger partial charge in [-0.15, -0.1) is 0 Å². The minimum absolute atomic E-state index is 0.00793. The van der Waals surface area contributed by atoms with Gasteiger partial charge in [-0.3, -0.25) is 14.5 Å². The molecule has 4 aromatic rings. The van der Waals surface area contributed by atoms with Crippen molar-refractivity contribution in [2.75, 3.05) is 12.0 Å². The molecule has 0 bridgehead atoms. The number of anilines is 1. The maximum Gasteiger partial charge on any atom is 0.295 e. The van der Waals surface area contributed by atoms with Gasteiger partial charge in [0.15, 0.2) is 16.9 Å². The predicted molar refractivity (Wildman–Crippen MR) is 127 cm³/mol. The second-order valence-corrected chi connectivity index (χ2v) is 8.28. The summed E-state index contributed by atoms with van der Waals surface area (Å²) in [6, 6.07) is 16.4. The zero-order valence-electron chi connectivity index (χ0n) is 18.0. The number of carbonyl (C=O) groups excluding carboxylic acids is 1. The molecule has 1 aliphatic rings. The van der Waals surface area contributed by atoms with Crippen LogP contribution in [-0.2, 0) is 6.42 Å². The van der Waals surface area contributed by atoms with Crippen molar-refractivity contribution in [1.82, 2.24) is 0 Å². The van der Waals surface area contributed by atoms with Crippen LogP contribution in [0.4, 0.5) is 5.69 Å². The maximum absolute atomic E-state index is 13.6. The summed E-state index contributed by atoms with van der Waals surface area (Å²) in [6.07, 6.45) is 0.860. The van der Waals surface area contributed by atoms with Crippen LogP contribution in [-0.4, -0.2) is 18.1 Å². The van der Waals surface area contributed by atoms with Crippen LogP contribution in [0, 0.1) is 0 Å². The van der Waals surface area contributed by atoms with Crippen molar-refractivity contribution in [2.45, 2.75) is 19.4 Å². The Bertz CT molecular complexity index is 1460. The molecule has 1 aromatic heterocycles. The van der Waals surface area contributed by atoms with Gasteiger partial charge in [-0.25, -0.2) is 0 Å². The average Bonchev–Trinajstić information content (AvgIpc) is 3.12. The lowest BCUT2D eigenvalue weighted by Gasteiger charge is -2.25. The fourth-order valence-corrected chi connectivity index (χ4v) is 4.46. The fraction of sp³-hybridized carbons (Fsp3) is 0.154. The summed E-state index contributed by atoms with van der Waals surface area (Å²) in [4.78, 5) is 28.8. The van der Waals surface area contributed by atoms with E-state index in [0.29, 0.717) is 27.2 Å². The zero-order chi connectivity index (χ0) is 23.3. The molecule has 0 radical (unpaired) electrons. The number of halogens is 1. The van der Waals surface area contributed by atoms with E-state index in [1.807, 2.05) is 24.3 Å². The SMILES string of the molecule is CCc1ccc(N2C(=O)c3oc4ccc(Cl)cc4c(=O)c3C2c2ccc(O)c(OC)c2)cc1. The predicted octanol–water partition coefficient (Wildman–Crippen LogP) is 5.47. The van der Waals surface area contributed by atoms with Gasteiger partial charge < -0.3 is 14.3 Å². The Hall–Kier alpha value is -3.77. The Balaban J connectivity index is 1.80. The molecule has 33 heavy (non-hydrogen) atoms. The first-order valence-corrected chi connectivity index (χ1v) is 10.9. The molecular weight excluding hydrogens is 442 g/mol. The number of methoxy groups -OCH3 is 1. The number of nitrogens with zero attached hydrogens (tertiary/aromatic N) is 1. The highest BCUT2D eigenvalue weighted by Crippen LogP contribution is 2.43. The summed E-state index contributed by atoms with van der Waals surface area (Å²) in [5.41, 5.74) is 2.54. The van der Waals surface area contributed by atoms with E-state index in [1.54, 1.807) is 35.2 Å². The highest BCUT2D eigenvalue weighted by Gasteiger charge is 2.43. The molecule has 6 nitrogen and oxygen atoms in total. The van der Waals surface area contributed by atoms with E-state index in [-0.39, 0.29) is 28.3 Å². The highest BCUT2D eigenvalue weighted by molar-refractivity contribution is 6.31. The molecule has 7 heteroatoms. The van der Waals surface area contributed by atoms with Gasteiger partial charge in [-0.1, -0.05) is 36.7 Å². The molecule has 1 aliphatic heterocycles. The number of hydrogen-bond donors (Lipinski definition) is 1. The van der Waals surface area contributed by atoms with Gasteiger partial charge in [0.1, 0.15) is 5.58 Å². The molecule has 0 aliphatic carbocycles. The number of phenols is 1. The summed E-state index contributed by atoms with van der Waals surface area (Å²) in [6.45, 7) is 2.05. The van der Waals surface area contributed by atoms with E-state index in [4.69, 9.17) is 20.8 Å². The first kappa shape index (κ1) is 21.1. The second kappa shape index (κ2) is 7.98. The molecule has 0 spiro atoms. The quantitative estimate of drug-likeness (QED) is 0.435. The molecular formula is C26H20ClNO5. The van der Waals surface area contributed by atoms with E-state index in [2.05, 4.69) is 6.92 Å². The molecule has 5 rings (SSSR count). The molecule has 166 valence electrons. The number of phenolic OH excluding ortho intramolecular Hbond substituents is 1. The largest absolute Gasteiger partial charge is 0.504 e. The smallest absolute Gasteiger partial charge is 0.295 e. The topological polar surface area (TPSA) is 80.0 Å². The zero-order valence-corrected chi connectivity index (χ0v) is 18.7. The molecule has 1 N–H and O–H groups in total. The number of carbonyl (C=O) groups is 1. The molecule has 1 unspecified atom stereocenters. The number of ether oxygens (including phenoxy) is 1. The summed E-state index contributed by atoms with van der Waals surface area (Å²) in [7, 11) is 1.44. The number of hydrogen-bond acceptors (Lipinski definition) is 5. The molecule has 0 saturated carbocycles. The standard InChI is InChI=1S/C26H20ClNO5/c1-3-14-4-8-17(9-5-14)28-23(15-6-10-19(29)21(12-15)32-2)22-24(30)18-13-16(27)7-11-20(18)33-25(22)26(28)31/h4-13,23,29H,3H2,1-2H3. The van der Waals surface area contributed by atoms with Crippen molar-refractivity contribution >= 4 is 34.2 Å². The lowest BCUT2D eigenvalue weighted by molar-refractivity contribution is 0.0971. The molecule has 3 aromatic carbocycles. The van der Waals surface area contributed by atoms with E-state index in [1.165, 1.54) is 13.2 Å². The number of aromatic hydroxyl groups is 1. The van der Waals surface area contributed by atoms with E-state index in [0.717, 1.165) is 12.0 Å². The first-order valence-electron chi connectivity index (χ1n) is 10.5. The number of amides is 1. The van der Waals surface area contributed by atoms with Crippen LogP contribution in [0.5, 0.6) is 11.5 Å². The van der Waals surface area contributed by atoms with E-state index >= 15 is 0 Å². The van der Waals surface area contributed by atoms with Crippen LogP contribution in [0.1, 0.15) is 40.2 Å². The summed E-state index contributed by atoms with van der Waals surface area (Å²) in [5, 5.41) is 10.8. The van der Waals surface area contributed by atoms with Gasteiger partial charge in [0.2, 0.25) is 5.76 Å². The van der Waals surface area contributed by atoms with E-state index < -0.39 is 11.9 Å². The minimum Gasteiger partial charge on any atom is -0.504 e. The third-order valence-electron chi connectivity index (χ3n) is 5.97. The van der Waals surface area contributed by atoms with Crippen LogP contribution in [0.25, 0.3) is 11.0 Å². The lowest BCUT2D eigenvalue weighted by Crippen LogP contribution is -2.29. The van der Waals surface area contributed by atoms with Crippen molar-refractivity contribution in [3.05, 3.63) is 98.4 Å². The summed E-state index contributed by atoms with van der Waals surface area (Å²) >= 11 is 6.13. The minimum atomic E-state index is -0.769. The number of fused-ring (bicyclic) bond motifs is 2. The molecule has 0 fully saturated rings. The molecule has 1 atom stereocenters. The number of benzene rings is 3. The van der Waals surface area contributed by atoms with Crippen LogP contribution in [0.15, 0.2) is 69.9 Å². The second-order valence-electron chi connectivity index (χ2n) is 7.84. The molecule has 0 saturated heterocycles. The Kier molecular flexibility index (Phi) is 5.10. The van der Waals surface area contributed by atoms with Crippen LogP contribution < -0.4 is 15.1 Å². The van der Waals surface area contributed by atoms with Crippen molar-refractivity contribution in [3.8, 4) is 11.5 Å². The highest BCUT2D eigenvalue weighted by atomic mass is 35.5. The van der Waals surface area contributed by atoms with Gasteiger partial charge in [0.05, 0.1) is 24.1 Å².